The van der Waals surface area contributed by atoms with Gasteiger partial charge in [-0.15, -0.1) is 0 Å². The van der Waals surface area contributed by atoms with Crippen molar-refractivity contribution in [3.63, 3.8) is 0 Å². The standard InChI is InChI=1S/C14H40O4Si5/c1-13-14-23(12,16-20(5,6)7)18-22(10,11)17-21(8,9)15-19(2,3)4/h13-14H2,1-12H3. The Bertz CT molecular complexity index is 376. The first-order valence-corrected chi connectivity index (χ1v) is 23.7. The van der Waals surface area contributed by atoms with Crippen molar-refractivity contribution < 1.29 is 16.5 Å². The van der Waals surface area contributed by atoms with E-state index in [4.69, 9.17) is 16.5 Å². The zero-order valence-electron chi connectivity index (χ0n) is 17.5. The molecule has 0 aliphatic rings. The van der Waals surface area contributed by atoms with Gasteiger partial charge in [-0.05, 0) is 78.1 Å². The fourth-order valence-corrected chi connectivity index (χ4v) is 26.4. The normalized spacial score (nSPS) is 17.2. The summed E-state index contributed by atoms with van der Waals surface area (Å²) >= 11 is 0. The second kappa shape index (κ2) is 8.08. The highest BCUT2D eigenvalue weighted by Gasteiger charge is 2.46. The lowest BCUT2D eigenvalue weighted by Gasteiger charge is -2.42. The first-order valence-electron chi connectivity index (χ1n) is 8.69. The smallest absolute Gasteiger partial charge is 0.315 e. The van der Waals surface area contributed by atoms with Crippen molar-refractivity contribution in [1.29, 1.82) is 0 Å². The summed E-state index contributed by atoms with van der Waals surface area (Å²) in [7, 11) is -9.92. The molecule has 0 aromatic rings. The number of rotatable bonds is 10. The maximum Gasteiger partial charge on any atom is 0.315 e. The van der Waals surface area contributed by atoms with Gasteiger partial charge in [0.2, 0.25) is 0 Å². The molecule has 0 heterocycles. The third kappa shape index (κ3) is 12.0. The molecule has 0 saturated carbocycles. The molecular weight excluding hydrogens is 373 g/mol. The summed E-state index contributed by atoms with van der Waals surface area (Å²) in [6, 6.07) is 1.02. The first kappa shape index (κ1) is 23.9. The van der Waals surface area contributed by atoms with Gasteiger partial charge < -0.3 is 16.5 Å². The fraction of sp³-hybridized carbons (Fsp3) is 1.00. The van der Waals surface area contributed by atoms with Gasteiger partial charge in [0.05, 0.1) is 0 Å². The highest BCUT2D eigenvalue weighted by molar-refractivity contribution is 6.90. The van der Waals surface area contributed by atoms with E-state index < -0.39 is 42.3 Å². The minimum atomic E-state index is -2.29. The lowest BCUT2D eigenvalue weighted by molar-refractivity contribution is 0.295. The minimum absolute atomic E-state index is 1.02. The molecule has 9 heteroatoms. The Morgan fingerprint density at radius 1 is 0.522 bits per heavy atom. The van der Waals surface area contributed by atoms with E-state index in [-0.39, 0.29) is 0 Å². The third-order valence-corrected chi connectivity index (χ3v) is 20.4. The Kier molecular flexibility index (Phi) is 8.41. The van der Waals surface area contributed by atoms with Gasteiger partial charge in [0.25, 0.3) is 0 Å². The summed E-state index contributed by atoms with van der Waals surface area (Å²) in [5.74, 6) is 0. The highest BCUT2D eigenvalue weighted by Crippen LogP contribution is 2.28. The van der Waals surface area contributed by atoms with Crippen LogP contribution in [0.2, 0.25) is 78.1 Å². The molecule has 0 aliphatic carbocycles. The molecule has 0 radical (unpaired) electrons. The maximum absolute atomic E-state index is 6.63. The van der Waals surface area contributed by atoms with E-state index in [1.807, 2.05) is 0 Å². The molecular formula is C14H40O4Si5. The second-order valence-electron chi connectivity index (χ2n) is 9.32. The Labute approximate surface area is 150 Å². The molecule has 0 saturated heterocycles. The van der Waals surface area contributed by atoms with Crippen LogP contribution in [-0.2, 0) is 16.5 Å². The molecule has 0 fully saturated rings. The van der Waals surface area contributed by atoms with Crippen LogP contribution in [0.25, 0.3) is 0 Å². The van der Waals surface area contributed by atoms with E-state index in [1.165, 1.54) is 0 Å². The average Bonchev–Trinajstić information content (AvgIpc) is 2.03. The van der Waals surface area contributed by atoms with Crippen molar-refractivity contribution in [2.75, 3.05) is 0 Å². The predicted molar refractivity (Wildman–Crippen MR) is 113 cm³/mol. The van der Waals surface area contributed by atoms with Gasteiger partial charge in [-0.3, -0.25) is 0 Å². The summed E-state index contributed by atoms with van der Waals surface area (Å²) in [5, 5.41) is 0. The van der Waals surface area contributed by atoms with Gasteiger partial charge in [0, 0.05) is 0 Å². The van der Waals surface area contributed by atoms with Crippen LogP contribution in [0.15, 0.2) is 0 Å². The van der Waals surface area contributed by atoms with Gasteiger partial charge in [-0.2, -0.15) is 0 Å². The SMILES string of the molecule is CCC[Si](C)(O[Si](C)(C)C)O[Si](C)(C)O[Si](C)(C)O[Si](C)(C)C. The topological polar surface area (TPSA) is 36.9 Å². The monoisotopic (exact) mass is 412 g/mol. The van der Waals surface area contributed by atoms with Crippen LogP contribution in [0.3, 0.4) is 0 Å². The lowest BCUT2D eigenvalue weighted by atomic mass is 10.6. The molecule has 0 bridgehead atoms. The van der Waals surface area contributed by atoms with Crippen molar-refractivity contribution in [1.82, 2.24) is 0 Å². The van der Waals surface area contributed by atoms with Crippen molar-refractivity contribution in [3.05, 3.63) is 0 Å². The Morgan fingerprint density at radius 3 is 1.26 bits per heavy atom. The van der Waals surface area contributed by atoms with Crippen LogP contribution in [-0.4, -0.2) is 42.3 Å². The number of hydrogen-bond donors (Lipinski definition) is 0. The molecule has 0 spiro atoms. The van der Waals surface area contributed by atoms with Crippen molar-refractivity contribution in [3.8, 4) is 0 Å². The zero-order chi connectivity index (χ0) is 18.7. The predicted octanol–water partition coefficient (Wildman–Crippen LogP) is 5.61. The maximum atomic E-state index is 6.63. The zero-order valence-corrected chi connectivity index (χ0v) is 22.5. The summed E-state index contributed by atoms with van der Waals surface area (Å²) in [4.78, 5) is 0. The van der Waals surface area contributed by atoms with Crippen LogP contribution < -0.4 is 0 Å². The van der Waals surface area contributed by atoms with Crippen molar-refractivity contribution in [2.45, 2.75) is 91.4 Å². The summed E-state index contributed by atoms with van der Waals surface area (Å²) in [6.07, 6.45) is 1.09. The fourth-order valence-electron chi connectivity index (χ4n) is 3.12. The molecule has 1 unspecified atom stereocenters. The van der Waals surface area contributed by atoms with Gasteiger partial charge in [0.15, 0.2) is 16.6 Å². The van der Waals surface area contributed by atoms with Crippen LogP contribution in [0.4, 0.5) is 0 Å². The van der Waals surface area contributed by atoms with E-state index in [1.54, 1.807) is 0 Å². The van der Waals surface area contributed by atoms with Crippen LogP contribution in [0.5, 0.6) is 0 Å². The summed E-state index contributed by atoms with van der Waals surface area (Å²) in [5.41, 5.74) is 0. The Balaban J connectivity index is 5.10. The molecule has 140 valence electrons. The molecule has 0 aromatic heterocycles. The van der Waals surface area contributed by atoms with Gasteiger partial charge in [0.1, 0.15) is 0 Å². The quantitative estimate of drug-likeness (QED) is 0.437. The average molecular weight is 413 g/mol. The minimum Gasteiger partial charge on any atom is -0.437 e. The van der Waals surface area contributed by atoms with Gasteiger partial charge in [-0.1, -0.05) is 13.3 Å². The lowest BCUT2D eigenvalue weighted by Crippen LogP contribution is -2.59. The van der Waals surface area contributed by atoms with E-state index in [0.717, 1.165) is 12.5 Å². The highest BCUT2D eigenvalue weighted by atomic mass is 28.5. The summed E-state index contributed by atoms with van der Waals surface area (Å²) in [6.45, 7) is 26.3. The van der Waals surface area contributed by atoms with Crippen molar-refractivity contribution in [2.24, 2.45) is 0 Å². The molecule has 0 amide bonds. The molecule has 0 aliphatic heterocycles. The molecule has 4 nitrogen and oxygen atoms in total. The molecule has 1 atom stereocenters. The second-order valence-corrected chi connectivity index (χ2v) is 29.4. The van der Waals surface area contributed by atoms with E-state index in [2.05, 4.69) is 78.9 Å². The van der Waals surface area contributed by atoms with Crippen LogP contribution >= 0.6 is 0 Å². The first-order chi connectivity index (χ1) is 9.89. The van der Waals surface area contributed by atoms with E-state index in [0.29, 0.717) is 0 Å². The summed E-state index contributed by atoms with van der Waals surface area (Å²) < 4.78 is 26.0. The molecule has 23 heavy (non-hydrogen) atoms. The van der Waals surface area contributed by atoms with Gasteiger partial charge >= 0.3 is 25.7 Å². The van der Waals surface area contributed by atoms with Crippen molar-refractivity contribution >= 4 is 42.3 Å². The molecule has 0 aromatic carbocycles. The Morgan fingerprint density at radius 2 is 0.913 bits per heavy atom. The molecule has 0 rings (SSSR count). The number of hydrogen-bond acceptors (Lipinski definition) is 4. The van der Waals surface area contributed by atoms with E-state index in [9.17, 15) is 0 Å². The third-order valence-electron chi connectivity index (χ3n) is 2.73. The largest absolute Gasteiger partial charge is 0.437 e. The van der Waals surface area contributed by atoms with Gasteiger partial charge in [-0.25, -0.2) is 0 Å². The van der Waals surface area contributed by atoms with Crippen LogP contribution in [0.1, 0.15) is 13.3 Å². The van der Waals surface area contributed by atoms with E-state index >= 15 is 0 Å². The Hall–Kier alpha value is 0.924. The van der Waals surface area contributed by atoms with Crippen LogP contribution in [0, 0.1) is 0 Å². The molecule has 0 N–H and O–H groups in total.